The number of anilines is 2. The molecular weight excluding hydrogens is 444 g/mol. The Morgan fingerprint density at radius 2 is 1.72 bits per heavy atom. The first kappa shape index (κ1) is 21.9. The molecule has 32 heavy (non-hydrogen) atoms. The van der Waals surface area contributed by atoms with Crippen LogP contribution in [0.25, 0.3) is 10.1 Å². The summed E-state index contributed by atoms with van der Waals surface area (Å²) in [5.74, 6) is 0.491. The number of nitrogens with one attached hydrogen (secondary N) is 1. The third-order valence-electron chi connectivity index (χ3n) is 4.93. The van der Waals surface area contributed by atoms with Gasteiger partial charge in [-0.2, -0.15) is 0 Å². The van der Waals surface area contributed by atoms with Crippen LogP contribution in [0.3, 0.4) is 0 Å². The minimum absolute atomic E-state index is 0.220. The maximum Gasteiger partial charge on any atom is 0.265 e. The van der Waals surface area contributed by atoms with Gasteiger partial charge in [0.2, 0.25) is 10.0 Å². The Morgan fingerprint density at radius 1 is 1.00 bits per heavy atom. The van der Waals surface area contributed by atoms with E-state index in [9.17, 15) is 13.2 Å². The molecule has 3 aromatic carbocycles. The van der Waals surface area contributed by atoms with Crippen LogP contribution in [0, 0.1) is 0 Å². The monoisotopic (exact) mass is 466 g/mol. The molecule has 0 saturated carbocycles. The number of ether oxygens (including phenoxy) is 1. The van der Waals surface area contributed by atoms with Crippen molar-refractivity contribution < 1.29 is 17.9 Å². The number of methoxy groups -OCH3 is 1. The lowest BCUT2D eigenvalue weighted by Crippen LogP contribution is -2.29. The first-order valence-electron chi connectivity index (χ1n) is 9.84. The summed E-state index contributed by atoms with van der Waals surface area (Å²) >= 11 is 1.36. The standard InChI is InChI=1S/C24H22N2O4S2/c1-30-21-11-8-19(9-12-21)25-24(27)23-15-18-14-20(10-13-22(18)31-23)26(32(2,28)29)16-17-6-4-3-5-7-17/h3-15H,16H2,1-2H3,(H,25,27). The van der Waals surface area contributed by atoms with E-state index >= 15 is 0 Å². The topological polar surface area (TPSA) is 75.7 Å². The molecule has 0 aliphatic heterocycles. The summed E-state index contributed by atoms with van der Waals surface area (Å²) in [5.41, 5.74) is 2.12. The molecule has 8 heteroatoms. The summed E-state index contributed by atoms with van der Waals surface area (Å²) in [4.78, 5) is 13.3. The minimum Gasteiger partial charge on any atom is -0.497 e. The number of carbonyl (C=O) groups is 1. The van der Waals surface area contributed by atoms with Crippen molar-refractivity contribution in [1.29, 1.82) is 0 Å². The average Bonchev–Trinajstić information content (AvgIpc) is 3.21. The van der Waals surface area contributed by atoms with Gasteiger partial charge in [-0.25, -0.2) is 8.42 Å². The van der Waals surface area contributed by atoms with Gasteiger partial charge >= 0.3 is 0 Å². The molecule has 0 unspecified atom stereocenters. The van der Waals surface area contributed by atoms with Crippen LogP contribution < -0.4 is 14.4 Å². The van der Waals surface area contributed by atoms with Crippen molar-refractivity contribution in [2.24, 2.45) is 0 Å². The van der Waals surface area contributed by atoms with Crippen LogP contribution in [0.15, 0.2) is 78.9 Å². The first-order chi connectivity index (χ1) is 15.3. The van der Waals surface area contributed by atoms with Crippen molar-refractivity contribution in [2.75, 3.05) is 23.0 Å². The zero-order valence-electron chi connectivity index (χ0n) is 17.6. The number of carbonyl (C=O) groups excluding carboxylic acids is 1. The van der Waals surface area contributed by atoms with Gasteiger partial charge in [0.1, 0.15) is 5.75 Å². The Balaban J connectivity index is 1.60. The van der Waals surface area contributed by atoms with Gasteiger partial charge in [-0.3, -0.25) is 9.10 Å². The molecule has 1 heterocycles. The lowest BCUT2D eigenvalue weighted by Gasteiger charge is -2.22. The summed E-state index contributed by atoms with van der Waals surface area (Å²) in [6.07, 6.45) is 1.20. The van der Waals surface area contributed by atoms with Crippen molar-refractivity contribution in [1.82, 2.24) is 0 Å². The van der Waals surface area contributed by atoms with E-state index in [-0.39, 0.29) is 12.5 Å². The highest BCUT2D eigenvalue weighted by molar-refractivity contribution is 7.92. The highest BCUT2D eigenvalue weighted by atomic mass is 32.2. The number of sulfonamides is 1. The lowest BCUT2D eigenvalue weighted by atomic mass is 10.2. The van der Waals surface area contributed by atoms with Crippen molar-refractivity contribution in [3.63, 3.8) is 0 Å². The van der Waals surface area contributed by atoms with Crippen LogP contribution in [-0.2, 0) is 16.6 Å². The van der Waals surface area contributed by atoms with E-state index in [1.807, 2.05) is 36.4 Å². The smallest absolute Gasteiger partial charge is 0.265 e. The van der Waals surface area contributed by atoms with Crippen LogP contribution in [0.1, 0.15) is 15.2 Å². The van der Waals surface area contributed by atoms with E-state index in [2.05, 4.69) is 5.32 Å². The van der Waals surface area contributed by atoms with Gasteiger partial charge in [0, 0.05) is 10.4 Å². The normalized spacial score (nSPS) is 11.3. The minimum atomic E-state index is -3.49. The van der Waals surface area contributed by atoms with Crippen LogP contribution in [0.2, 0.25) is 0 Å². The van der Waals surface area contributed by atoms with Crippen LogP contribution in [-0.4, -0.2) is 27.7 Å². The molecule has 0 bridgehead atoms. The van der Waals surface area contributed by atoms with Crippen molar-refractivity contribution in [2.45, 2.75) is 6.54 Å². The third-order valence-corrected chi connectivity index (χ3v) is 7.18. The second kappa shape index (κ2) is 9.02. The number of rotatable bonds is 7. The second-order valence-corrected chi connectivity index (χ2v) is 10.3. The molecule has 1 amide bonds. The van der Waals surface area contributed by atoms with Gasteiger partial charge in [-0.15, -0.1) is 11.3 Å². The maximum atomic E-state index is 12.7. The van der Waals surface area contributed by atoms with Gasteiger partial charge in [0.05, 0.1) is 30.5 Å². The van der Waals surface area contributed by atoms with Gasteiger partial charge in [-0.1, -0.05) is 30.3 Å². The molecule has 0 spiro atoms. The number of hydrogen-bond acceptors (Lipinski definition) is 5. The van der Waals surface area contributed by atoms with E-state index in [0.717, 1.165) is 15.6 Å². The van der Waals surface area contributed by atoms with E-state index in [1.165, 1.54) is 21.9 Å². The number of nitrogens with zero attached hydrogens (tertiary/aromatic N) is 1. The van der Waals surface area contributed by atoms with Gasteiger partial charge in [-0.05, 0) is 59.5 Å². The SMILES string of the molecule is COc1ccc(NC(=O)c2cc3cc(N(Cc4ccccc4)S(C)(=O)=O)ccc3s2)cc1. The third kappa shape index (κ3) is 4.92. The Labute approximate surface area is 191 Å². The van der Waals surface area contributed by atoms with Crippen molar-refractivity contribution >= 4 is 48.7 Å². The number of hydrogen-bond donors (Lipinski definition) is 1. The average molecular weight is 467 g/mol. The quantitative estimate of drug-likeness (QED) is 0.410. The van der Waals surface area contributed by atoms with Crippen LogP contribution in [0.4, 0.5) is 11.4 Å². The number of amides is 1. The molecule has 0 saturated heterocycles. The molecule has 0 aliphatic carbocycles. The van der Waals surface area contributed by atoms with E-state index < -0.39 is 10.0 Å². The molecule has 4 rings (SSSR count). The van der Waals surface area contributed by atoms with E-state index in [4.69, 9.17) is 4.74 Å². The Bertz CT molecular complexity index is 1350. The van der Waals surface area contributed by atoms with Gasteiger partial charge < -0.3 is 10.1 Å². The molecule has 4 aromatic rings. The molecule has 0 fully saturated rings. The highest BCUT2D eigenvalue weighted by Gasteiger charge is 2.19. The summed E-state index contributed by atoms with van der Waals surface area (Å²) in [7, 11) is -1.91. The van der Waals surface area contributed by atoms with Gasteiger partial charge in [0.15, 0.2) is 0 Å². The zero-order valence-corrected chi connectivity index (χ0v) is 19.2. The Hall–Kier alpha value is -3.36. The van der Waals surface area contributed by atoms with Crippen molar-refractivity contribution in [3.05, 3.63) is 89.3 Å². The molecule has 6 nitrogen and oxygen atoms in total. The van der Waals surface area contributed by atoms with Crippen LogP contribution >= 0.6 is 11.3 Å². The largest absolute Gasteiger partial charge is 0.497 e. The fourth-order valence-corrected chi connectivity index (χ4v) is 5.13. The van der Waals surface area contributed by atoms with Crippen LogP contribution in [0.5, 0.6) is 5.75 Å². The molecule has 1 aromatic heterocycles. The second-order valence-electron chi connectivity index (χ2n) is 7.27. The molecule has 0 aliphatic rings. The molecule has 0 atom stereocenters. The van der Waals surface area contributed by atoms with Crippen molar-refractivity contribution in [3.8, 4) is 5.75 Å². The molecule has 0 radical (unpaired) electrons. The Morgan fingerprint density at radius 3 is 2.38 bits per heavy atom. The number of thiophene rings is 1. The molecule has 1 N–H and O–H groups in total. The summed E-state index contributed by atoms with van der Waals surface area (Å²) < 4.78 is 32.4. The number of benzene rings is 3. The summed E-state index contributed by atoms with van der Waals surface area (Å²) in [6.45, 7) is 0.236. The summed E-state index contributed by atoms with van der Waals surface area (Å²) in [6, 6.07) is 23.7. The Kier molecular flexibility index (Phi) is 6.16. The fraction of sp³-hybridized carbons (Fsp3) is 0.125. The predicted octanol–water partition coefficient (Wildman–Crippen LogP) is 5.13. The van der Waals surface area contributed by atoms with E-state index in [0.29, 0.717) is 22.0 Å². The highest BCUT2D eigenvalue weighted by Crippen LogP contribution is 2.31. The predicted molar refractivity (Wildman–Crippen MR) is 130 cm³/mol. The van der Waals surface area contributed by atoms with Gasteiger partial charge in [0.25, 0.3) is 5.91 Å². The lowest BCUT2D eigenvalue weighted by molar-refractivity contribution is 0.103. The molecular formula is C24H22N2O4S2. The fourth-order valence-electron chi connectivity index (χ4n) is 3.31. The summed E-state index contributed by atoms with van der Waals surface area (Å²) in [5, 5.41) is 3.69. The first-order valence-corrected chi connectivity index (χ1v) is 12.5. The molecule has 164 valence electrons. The maximum absolute atomic E-state index is 12.7. The number of fused-ring (bicyclic) bond motifs is 1. The van der Waals surface area contributed by atoms with E-state index in [1.54, 1.807) is 49.6 Å². The zero-order chi connectivity index (χ0) is 22.7.